The van der Waals surface area contributed by atoms with Gasteiger partial charge < -0.3 is 9.64 Å². The molecule has 2 aromatic carbocycles. The van der Waals surface area contributed by atoms with Crippen LogP contribution < -0.4 is 4.74 Å². The molecule has 1 aliphatic rings. The maximum atomic E-state index is 13.1. The van der Waals surface area contributed by atoms with E-state index in [0.29, 0.717) is 19.5 Å². The smallest absolute Gasteiger partial charge is 0.223 e. The quantitative estimate of drug-likeness (QED) is 0.484. The summed E-state index contributed by atoms with van der Waals surface area (Å²) in [6.45, 7) is 8.43. The summed E-state index contributed by atoms with van der Waals surface area (Å²) >= 11 is 0. The molecular formula is C27H39N3O3S. The lowest BCUT2D eigenvalue weighted by molar-refractivity contribution is -0.129. The Morgan fingerprint density at radius 2 is 1.59 bits per heavy atom. The van der Waals surface area contributed by atoms with E-state index in [4.69, 9.17) is 4.74 Å². The van der Waals surface area contributed by atoms with Crippen molar-refractivity contribution in [2.24, 2.45) is 0 Å². The average molecular weight is 486 g/mol. The zero-order valence-corrected chi connectivity index (χ0v) is 22.1. The summed E-state index contributed by atoms with van der Waals surface area (Å²) in [7, 11) is 3.95. The highest BCUT2D eigenvalue weighted by molar-refractivity contribution is 7.82. The van der Waals surface area contributed by atoms with Crippen molar-refractivity contribution < 1.29 is 13.7 Å². The van der Waals surface area contributed by atoms with Crippen LogP contribution in [0.25, 0.3) is 0 Å². The topological polar surface area (TPSA) is 53.1 Å². The summed E-state index contributed by atoms with van der Waals surface area (Å²) in [4.78, 5) is 17.7. The van der Waals surface area contributed by atoms with Gasteiger partial charge in [-0.15, -0.1) is 0 Å². The summed E-state index contributed by atoms with van der Waals surface area (Å²) in [5.41, 5.74) is 4.45. The van der Waals surface area contributed by atoms with Crippen molar-refractivity contribution in [3.8, 4) is 5.75 Å². The van der Waals surface area contributed by atoms with Gasteiger partial charge in [-0.05, 0) is 80.6 Å². The fourth-order valence-corrected chi connectivity index (χ4v) is 5.66. The number of aryl methyl sites for hydroxylation is 2. The minimum atomic E-state index is -1.33. The van der Waals surface area contributed by atoms with E-state index in [1.165, 1.54) is 37.1 Å². The Bertz CT molecular complexity index is 964. The van der Waals surface area contributed by atoms with Crippen molar-refractivity contribution in [1.29, 1.82) is 0 Å². The van der Waals surface area contributed by atoms with E-state index in [9.17, 15) is 9.00 Å². The van der Waals surface area contributed by atoms with Crippen LogP contribution in [-0.2, 0) is 28.7 Å². The van der Waals surface area contributed by atoms with Crippen LogP contribution in [0.5, 0.6) is 5.75 Å². The first-order valence-electron chi connectivity index (χ1n) is 12.1. The van der Waals surface area contributed by atoms with Gasteiger partial charge in [0.15, 0.2) is 0 Å². The maximum absolute atomic E-state index is 13.1. The van der Waals surface area contributed by atoms with E-state index in [1.807, 2.05) is 33.0 Å². The molecule has 0 aromatic heterocycles. The second kappa shape index (κ2) is 12.5. The number of ether oxygens (including phenoxy) is 1. The molecule has 34 heavy (non-hydrogen) atoms. The van der Waals surface area contributed by atoms with Crippen LogP contribution in [0.3, 0.4) is 0 Å². The number of hydrogen-bond acceptors (Lipinski definition) is 4. The minimum Gasteiger partial charge on any atom is -0.497 e. The van der Waals surface area contributed by atoms with Crippen molar-refractivity contribution >= 4 is 16.9 Å². The van der Waals surface area contributed by atoms with Crippen molar-refractivity contribution in [2.45, 2.75) is 51.0 Å². The van der Waals surface area contributed by atoms with Gasteiger partial charge in [0.05, 0.1) is 12.0 Å². The monoisotopic (exact) mass is 485 g/mol. The van der Waals surface area contributed by atoms with Crippen molar-refractivity contribution in [1.82, 2.24) is 14.1 Å². The van der Waals surface area contributed by atoms with Crippen LogP contribution in [0.1, 0.15) is 41.5 Å². The van der Waals surface area contributed by atoms with E-state index < -0.39 is 11.0 Å². The number of likely N-dealkylation sites (N-methyl/N-ethyl adjacent to an activating group) is 1. The van der Waals surface area contributed by atoms with Gasteiger partial charge in [-0.1, -0.05) is 24.3 Å². The summed E-state index contributed by atoms with van der Waals surface area (Å²) in [5, 5.41) is 0. The summed E-state index contributed by atoms with van der Waals surface area (Å²) in [6.07, 6.45) is 3.79. The predicted molar refractivity (Wildman–Crippen MR) is 138 cm³/mol. The third kappa shape index (κ3) is 7.14. The molecule has 186 valence electrons. The van der Waals surface area contributed by atoms with Gasteiger partial charge >= 0.3 is 0 Å². The highest BCUT2D eigenvalue weighted by Gasteiger charge is 2.19. The van der Waals surface area contributed by atoms with E-state index in [1.54, 1.807) is 23.4 Å². The first kappa shape index (κ1) is 26.4. The zero-order chi connectivity index (χ0) is 24.7. The molecule has 3 rings (SSSR count). The summed E-state index contributed by atoms with van der Waals surface area (Å²) < 4.78 is 20.1. The molecule has 0 saturated carbocycles. The first-order chi connectivity index (χ1) is 16.3. The number of benzene rings is 2. The Balaban J connectivity index is 1.45. The standard InChI is InChI=1S/C27H39N3O3S/c1-21-18-25(33-5)19-22(2)27(21)34(32)29(4)17-13-26(31)28(3)16-12-23-8-10-24(11-9-23)20-30-14-6-7-15-30/h8-11,18-19H,6-7,12-17,20H2,1-5H3. The number of carbonyl (C=O) groups excluding carboxylic acids is 1. The average Bonchev–Trinajstić information content (AvgIpc) is 3.34. The molecule has 1 unspecified atom stereocenters. The molecule has 7 heteroatoms. The number of amides is 1. The Labute approximate surface area is 207 Å². The molecule has 1 fully saturated rings. The molecule has 0 spiro atoms. The Kier molecular flexibility index (Phi) is 9.68. The number of rotatable bonds is 11. The molecule has 0 bridgehead atoms. The number of carbonyl (C=O) groups is 1. The molecule has 1 amide bonds. The number of nitrogens with zero attached hydrogens (tertiary/aromatic N) is 3. The molecule has 1 saturated heterocycles. The summed E-state index contributed by atoms with van der Waals surface area (Å²) in [5.74, 6) is 0.828. The lowest BCUT2D eigenvalue weighted by Crippen LogP contribution is -2.33. The molecule has 0 N–H and O–H groups in total. The van der Waals surface area contributed by atoms with Crippen LogP contribution in [0.4, 0.5) is 0 Å². The second-order valence-corrected chi connectivity index (χ2v) is 10.8. The van der Waals surface area contributed by atoms with Gasteiger partial charge in [0.2, 0.25) is 5.91 Å². The van der Waals surface area contributed by atoms with Gasteiger partial charge in [0, 0.05) is 40.2 Å². The molecule has 0 aliphatic carbocycles. The Hall–Kier alpha value is -2.22. The molecule has 0 radical (unpaired) electrons. The maximum Gasteiger partial charge on any atom is 0.223 e. The van der Waals surface area contributed by atoms with E-state index in [0.717, 1.165) is 34.7 Å². The van der Waals surface area contributed by atoms with Crippen molar-refractivity contribution in [3.05, 3.63) is 58.7 Å². The van der Waals surface area contributed by atoms with Crippen molar-refractivity contribution in [2.75, 3.05) is 47.4 Å². The van der Waals surface area contributed by atoms with Crippen molar-refractivity contribution in [3.63, 3.8) is 0 Å². The van der Waals surface area contributed by atoms with Crippen LogP contribution >= 0.6 is 0 Å². The van der Waals surface area contributed by atoms with Gasteiger partial charge in [0.1, 0.15) is 16.7 Å². The van der Waals surface area contributed by atoms with Crippen LogP contribution in [0.2, 0.25) is 0 Å². The van der Waals surface area contributed by atoms with E-state index in [2.05, 4.69) is 29.2 Å². The van der Waals surface area contributed by atoms with Crippen LogP contribution in [-0.4, -0.2) is 71.6 Å². The number of methoxy groups -OCH3 is 1. The van der Waals surface area contributed by atoms with Gasteiger partial charge in [0.25, 0.3) is 0 Å². The van der Waals surface area contributed by atoms with Gasteiger partial charge in [-0.25, -0.2) is 8.51 Å². The lowest BCUT2D eigenvalue weighted by Gasteiger charge is -2.21. The number of likely N-dealkylation sites (tertiary alicyclic amines) is 1. The Morgan fingerprint density at radius 1 is 1.00 bits per heavy atom. The molecule has 2 aromatic rings. The van der Waals surface area contributed by atoms with E-state index >= 15 is 0 Å². The van der Waals surface area contributed by atoms with Crippen LogP contribution in [0, 0.1) is 13.8 Å². The highest BCUT2D eigenvalue weighted by Crippen LogP contribution is 2.25. The number of hydrogen-bond donors (Lipinski definition) is 0. The molecule has 1 heterocycles. The van der Waals surface area contributed by atoms with Gasteiger partial charge in [-0.2, -0.15) is 0 Å². The first-order valence-corrected chi connectivity index (χ1v) is 13.2. The lowest BCUT2D eigenvalue weighted by atomic mass is 10.1. The third-order valence-corrected chi connectivity index (χ3v) is 8.30. The zero-order valence-electron chi connectivity index (χ0n) is 21.3. The fraction of sp³-hybridized carbons (Fsp3) is 0.519. The third-order valence-electron chi connectivity index (χ3n) is 6.56. The predicted octanol–water partition coefficient (Wildman–Crippen LogP) is 3.95. The SMILES string of the molecule is COc1cc(C)c(S(=O)N(C)CCC(=O)N(C)CCc2ccc(CN3CCCC3)cc2)c(C)c1. The highest BCUT2D eigenvalue weighted by atomic mass is 32.2. The molecular weight excluding hydrogens is 446 g/mol. The molecule has 6 nitrogen and oxygen atoms in total. The summed E-state index contributed by atoms with van der Waals surface area (Å²) in [6, 6.07) is 12.6. The van der Waals surface area contributed by atoms with Crippen LogP contribution in [0.15, 0.2) is 41.3 Å². The second-order valence-electron chi connectivity index (χ2n) is 9.31. The van der Waals surface area contributed by atoms with Gasteiger partial charge in [-0.3, -0.25) is 9.69 Å². The van der Waals surface area contributed by atoms with E-state index in [-0.39, 0.29) is 5.91 Å². The Morgan fingerprint density at radius 3 is 2.18 bits per heavy atom. The fourth-order valence-electron chi connectivity index (χ4n) is 4.42. The largest absolute Gasteiger partial charge is 0.497 e. The minimum absolute atomic E-state index is 0.0673. The normalized spacial score (nSPS) is 15.0. The molecule has 1 aliphatic heterocycles. The molecule has 1 atom stereocenters.